The third-order valence-corrected chi connectivity index (χ3v) is 4.19. The van der Waals surface area contributed by atoms with E-state index >= 15 is 0 Å². The lowest BCUT2D eigenvalue weighted by Gasteiger charge is -2.35. The molecule has 4 heteroatoms. The Morgan fingerprint density at radius 3 is 2.55 bits per heavy atom. The molecule has 1 aromatic heterocycles. The van der Waals surface area contributed by atoms with Crippen LogP contribution < -0.4 is 0 Å². The molecule has 2 aromatic rings. The molecule has 1 aromatic carbocycles. The Kier molecular flexibility index (Phi) is 3.51. The van der Waals surface area contributed by atoms with E-state index in [4.69, 9.17) is 12.2 Å². The number of thiocarbonyl (C=S) groups is 1. The van der Waals surface area contributed by atoms with E-state index in [1.807, 2.05) is 47.4 Å². The van der Waals surface area contributed by atoms with E-state index in [0.717, 1.165) is 22.5 Å². The van der Waals surface area contributed by atoms with E-state index in [-0.39, 0.29) is 0 Å². The van der Waals surface area contributed by atoms with Gasteiger partial charge in [-0.2, -0.15) is 0 Å². The number of likely N-dealkylation sites (tertiary alicyclic amines) is 1. The summed E-state index contributed by atoms with van der Waals surface area (Å²) < 4.78 is 0. The fourth-order valence-corrected chi connectivity index (χ4v) is 2.97. The fraction of sp³-hybridized carbons (Fsp3) is 0.250. The minimum atomic E-state index is -0.998. The molecule has 0 bridgehead atoms. The van der Waals surface area contributed by atoms with Gasteiger partial charge in [-0.1, -0.05) is 42.5 Å². The maximum absolute atomic E-state index is 11.1. The van der Waals surface area contributed by atoms with Gasteiger partial charge in [-0.25, -0.2) is 0 Å². The zero-order valence-corrected chi connectivity index (χ0v) is 11.9. The molecular formula is C16H16N2OS. The average molecular weight is 284 g/mol. The van der Waals surface area contributed by atoms with Crippen molar-refractivity contribution in [3.05, 3.63) is 66.0 Å². The highest BCUT2D eigenvalue weighted by Gasteiger charge is 2.42. The molecule has 1 aliphatic heterocycles. The van der Waals surface area contributed by atoms with Crippen LogP contribution >= 0.6 is 12.2 Å². The molecule has 1 aliphatic rings. The second-order valence-electron chi connectivity index (χ2n) is 5.02. The van der Waals surface area contributed by atoms with Crippen molar-refractivity contribution in [2.24, 2.45) is 0 Å². The Bertz CT molecular complexity index is 602. The number of pyridine rings is 1. The smallest absolute Gasteiger partial charge is 0.165 e. The Balaban J connectivity index is 1.93. The molecule has 0 saturated carbocycles. The van der Waals surface area contributed by atoms with Crippen LogP contribution in [-0.2, 0) is 12.3 Å². The summed E-state index contributed by atoms with van der Waals surface area (Å²) in [6.07, 6.45) is 4.90. The summed E-state index contributed by atoms with van der Waals surface area (Å²) in [7, 11) is 0. The predicted molar refractivity (Wildman–Crippen MR) is 82.0 cm³/mol. The largest absolute Gasteiger partial charge is 0.367 e. The number of benzene rings is 1. The third kappa shape index (κ3) is 2.32. The maximum atomic E-state index is 11.1. The standard InChI is InChI=1S/C16H16N2OS/c19-16(14-4-2-1-3-5-14)9-6-15(20)18(16)12-13-7-10-17-11-8-13/h1-5,7-8,10-11,19H,6,9,12H2. The van der Waals surface area contributed by atoms with Gasteiger partial charge in [0.2, 0.25) is 0 Å². The van der Waals surface area contributed by atoms with Crippen molar-refractivity contribution in [3.8, 4) is 0 Å². The van der Waals surface area contributed by atoms with Crippen LogP contribution in [0.4, 0.5) is 0 Å². The Morgan fingerprint density at radius 2 is 1.85 bits per heavy atom. The summed E-state index contributed by atoms with van der Waals surface area (Å²) in [6, 6.07) is 13.6. The van der Waals surface area contributed by atoms with E-state index in [1.165, 1.54) is 0 Å². The van der Waals surface area contributed by atoms with Crippen LogP contribution in [0.2, 0.25) is 0 Å². The van der Waals surface area contributed by atoms with Gasteiger partial charge in [-0.3, -0.25) is 4.98 Å². The van der Waals surface area contributed by atoms with Gasteiger partial charge in [-0.15, -0.1) is 0 Å². The van der Waals surface area contributed by atoms with Crippen molar-refractivity contribution in [1.29, 1.82) is 0 Å². The van der Waals surface area contributed by atoms with Crippen LogP contribution in [0.5, 0.6) is 0 Å². The first-order valence-electron chi connectivity index (χ1n) is 6.67. The molecule has 0 amide bonds. The van der Waals surface area contributed by atoms with Crippen molar-refractivity contribution < 1.29 is 5.11 Å². The predicted octanol–water partition coefficient (Wildman–Crippen LogP) is 2.85. The zero-order valence-electron chi connectivity index (χ0n) is 11.1. The molecular weight excluding hydrogens is 268 g/mol. The first-order chi connectivity index (χ1) is 9.70. The van der Waals surface area contributed by atoms with Crippen molar-refractivity contribution in [1.82, 2.24) is 9.88 Å². The molecule has 20 heavy (non-hydrogen) atoms. The Hall–Kier alpha value is -1.78. The second-order valence-corrected chi connectivity index (χ2v) is 5.49. The molecule has 1 atom stereocenters. The van der Waals surface area contributed by atoms with Gasteiger partial charge in [-0.05, 0) is 17.7 Å². The first kappa shape index (κ1) is 13.2. The normalized spacial score (nSPS) is 22.2. The molecule has 0 aliphatic carbocycles. The summed E-state index contributed by atoms with van der Waals surface area (Å²) in [5.41, 5.74) is 0.995. The van der Waals surface area contributed by atoms with Crippen LogP contribution in [-0.4, -0.2) is 20.0 Å². The fourth-order valence-electron chi connectivity index (χ4n) is 2.65. The molecule has 3 rings (SSSR count). The lowest BCUT2D eigenvalue weighted by molar-refractivity contribution is -0.0677. The number of aromatic nitrogens is 1. The van der Waals surface area contributed by atoms with Crippen molar-refractivity contribution in [2.75, 3.05) is 0 Å². The zero-order chi connectivity index (χ0) is 14.0. The monoisotopic (exact) mass is 284 g/mol. The van der Waals surface area contributed by atoms with Crippen LogP contribution in [0.25, 0.3) is 0 Å². The highest BCUT2D eigenvalue weighted by molar-refractivity contribution is 7.80. The van der Waals surface area contributed by atoms with Gasteiger partial charge in [0, 0.05) is 37.3 Å². The first-order valence-corrected chi connectivity index (χ1v) is 7.08. The number of hydrogen-bond donors (Lipinski definition) is 1. The van der Waals surface area contributed by atoms with Gasteiger partial charge in [0.25, 0.3) is 0 Å². The van der Waals surface area contributed by atoms with Gasteiger partial charge >= 0.3 is 0 Å². The number of hydrogen-bond acceptors (Lipinski definition) is 3. The van der Waals surface area contributed by atoms with Gasteiger partial charge in [0.1, 0.15) is 0 Å². The van der Waals surface area contributed by atoms with E-state index in [9.17, 15) is 5.11 Å². The summed E-state index contributed by atoms with van der Waals surface area (Å²) in [6.45, 7) is 0.604. The molecule has 1 saturated heterocycles. The summed E-state index contributed by atoms with van der Waals surface area (Å²) >= 11 is 5.44. The topological polar surface area (TPSA) is 36.4 Å². The second kappa shape index (κ2) is 5.31. The molecule has 1 N–H and O–H groups in total. The molecule has 0 radical (unpaired) electrons. The minimum Gasteiger partial charge on any atom is -0.367 e. The highest BCUT2D eigenvalue weighted by atomic mass is 32.1. The molecule has 102 valence electrons. The summed E-state index contributed by atoms with van der Waals surface area (Å²) in [4.78, 5) is 6.76. The quantitative estimate of drug-likeness (QED) is 0.879. The Labute approximate surface area is 123 Å². The van der Waals surface area contributed by atoms with Crippen LogP contribution in [0.3, 0.4) is 0 Å². The molecule has 0 spiro atoms. The van der Waals surface area contributed by atoms with Crippen LogP contribution in [0, 0.1) is 0 Å². The lowest BCUT2D eigenvalue weighted by atomic mass is 10.00. The number of nitrogens with zero attached hydrogens (tertiary/aromatic N) is 2. The molecule has 2 heterocycles. The summed E-state index contributed by atoms with van der Waals surface area (Å²) in [5, 5.41) is 11.1. The van der Waals surface area contributed by atoms with Gasteiger partial charge in [0.05, 0.1) is 4.99 Å². The Morgan fingerprint density at radius 1 is 1.15 bits per heavy atom. The maximum Gasteiger partial charge on any atom is 0.165 e. The lowest BCUT2D eigenvalue weighted by Crippen LogP contribution is -2.42. The third-order valence-electron chi connectivity index (χ3n) is 3.76. The van der Waals surface area contributed by atoms with Gasteiger partial charge in [0.15, 0.2) is 5.72 Å². The molecule has 3 nitrogen and oxygen atoms in total. The molecule has 1 fully saturated rings. The highest BCUT2D eigenvalue weighted by Crippen LogP contribution is 2.38. The van der Waals surface area contributed by atoms with E-state index < -0.39 is 5.72 Å². The SMILES string of the molecule is OC1(c2ccccc2)CCC(=S)N1Cc1ccncc1. The van der Waals surface area contributed by atoms with Crippen LogP contribution in [0.15, 0.2) is 54.9 Å². The van der Waals surface area contributed by atoms with Crippen molar-refractivity contribution in [2.45, 2.75) is 25.1 Å². The van der Waals surface area contributed by atoms with Crippen molar-refractivity contribution in [3.63, 3.8) is 0 Å². The van der Waals surface area contributed by atoms with Crippen LogP contribution in [0.1, 0.15) is 24.0 Å². The minimum absolute atomic E-state index is 0.604. The van der Waals surface area contributed by atoms with E-state index in [0.29, 0.717) is 13.0 Å². The average Bonchev–Trinajstić information content (AvgIpc) is 2.79. The van der Waals surface area contributed by atoms with Crippen molar-refractivity contribution >= 4 is 17.2 Å². The van der Waals surface area contributed by atoms with Gasteiger partial charge < -0.3 is 10.0 Å². The number of aliphatic hydroxyl groups is 1. The summed E-state index contributed by atoms with van der Waals surface area (Å²) in [5.74, 6) is 0. The van der Waals surface area contributed by atoms with E-state index in [1.54, 1.807) is 12.4 Å². The van der Waals surface area contributed by atoms with E-state index in [2.05, 4.69) is 4.98 Å². The molecule has 1 unspecified atom stereocenters. The number of rotatable bonds is 3.